The summed E-state index contributed by atoms with van der Waals surface area (Å²) >= 11 is 18.4. The van der Waals surface area contributed by atoms with Crippen LogP contribution in [-0.2, 0) is 4.79 Å². The van der Waals surface area contributed by atoms with Crippen molar-refractivity contribution in [3.8, 4) is 0 Å². The number of amidine groups is 1. The van der Waals surface area contributed by atoms with Gasteiger partial charge in [-0.1, -0.05) is 53.5 Å². The molecule has 0 saturated carbocycles. The van der Waals surface area contributed by atoms with Crippen molar-refractivity contribution in [2.45, 2.75) is 0 Å². The van der Waals surface area contributed by atoms with Crippen LogP contribution in [-0.4, -0.2) is 16.2 Å². The first-order chi connectivity index (χ1) is 12.0. The van der Waals surface area contributed by atoms with Crippen molar-refractivity contribution < 1.29 is 4.79 Å². The summed E-state index contributed by atoms with van der Waals surface area (Å²) < 4.78 is 0. The SMILES string of the molecule is O=C1N/C(=N\C(=S)Nc2ccc(Cl)cc2Cl)S/C1=C/c1ccccc1. The summed E-state index contributed by atoms with van der Waals surface area (Å²) in [5, 5.41) is 7.16. The third kappa shape index (κ3) is 4.83. The summed E-state index contributed by atoms with van der Waals surface area (Å²) in [5.41, 5.74) is 1.53. The molecule has 0 radical (unpaired) electrons. The summed E-state index contributed by atoms with van der Waals surface area (Å²) in [6, 6.07) is 14.6. The number of benzene rings is 2. The Hall–Kier alpha value is -1.86. The third-order valence-electron chi connectivity index (χ3n) is 3.12. The molecule has 0 aliphatic carbocycles. The van der Waals surface area contributed by atoms with Gasteiger partial charge < -0.3 is 10.6 Å². The average Bonchev–Trinajstić information content (AvgIpc) is 2.90. The number of hydrogen-bond acceptors (Lipinski definition) is 3. The van der Waals surface area contributed by atoms with E-state index in [0.717, 1.165) is 5.56 Å². The maximum Gasteiger partial charge on any atom is 0.264 e. The lowest BCUT2D eigenvalue weighted by Gasteiger charge is -2.06. The fraction of sp³-hybridized carbons (Fsp3) is 0. The van der Waals surface area contributed by atoms with Crippen LogP contribution in [0.5, 0.6) is 0 Å². The van der Waals surface area contributed by atoms with Gasteiger partial charge in [0.2, 0.25) is 0 Å². The maximum absolute atomic E-state index is 12.0. The zero-order valence-corrected chi connectivity index (χ0v) is 15.8. The van der Waals surface area contributed by atoms with Gasteiger partial charge in [0.25, 0.3) is 5.91 Å². The molecule has 0 unspecified atom stereocenters. The largest absolute Gasteiger partial charge is 0.330 e. The van der Waals surface area contributed by atoms with Crippen molar-refractivity contribution in [3.63, 3.8) is 0 Å². The van der Waals surface area contributed by atoms with E-state index in [-0.39, 0.29) is 11.0 Å². The monoisotopic (exact) mass is 407 g/mol. The molecule has 4 nitrogen and oxygen atoms in total. The number of carbonyl (C=O) groups is 1. The molecule has 1 aliphatic heterocycles. The first kappa shape index (κ1) is 17.9. The lowest BCUT2D eigenvalue weighted by Crippen LogP contribution is -2.21. The van der Waals surface area contributed by atoms with Crippen LogP contribution < -0.4 is 10.6 Å². The van der Waals surface area contributed by atoms with Gasteiger partial charge in [-0.15, -0.1) is 0 Å². The minimum absolute atomic E-state index is 0.188. The van der Waals surface area contributed by atoms with Gasteiger partial charge in [-0.25, -0.2) is 0 Å². The van der Waals surface area contributed by atoms with Crippen LogP contribution in [0.4, 0.5) is 5.69 Å². The zero-order valence-electron chi connectivity index (χ0n) is 12.6. The molecule has 3 rings (SSSR count). The molecule has 1 aliphatic rings. The maximum atomic E-state index is 12.0. The molecule has 0 spiro atoms. The smallest absolute Gasteiger partial charge is 0.264 e. The lowest BCUT2D eigenvalue weighted by atomic mass is 10.2. The van der Waals surface area contributed by atoms with Crippen molar-refractivity contribution in [2.75, 3.05) is 5.32 Å². The quantitative estimate of drug-likeness (QED) is 0.546. The van der Waals surface area contributed by atoms with E-state index < -0.39 is 0 Å². The number of rotatable bonds is 2. The Labute approximate surface area is 164 Å². The molecule has 2 N–H and O–H groups in total. The topological polar surface area (TPSA) is 53.5 Å². The van der Waals surface area contributed by atoms with Gasteiger partial charge in [0.1, 0.15) is 0 Å². The second-order valence-electron chi connectivity index (χ2n) is 4.95. The molecule has 1 amide bonds. The summed E-state index contributed by atoms with van der Waals surface area (Å²) in [7, 11) is 0. The summed E-state index contributed by atoms with van der Waals surface area (Å²) in [6.07, 6.45) is 1.80. The number of thiocarbonyl (C=S) groups is 1. The molecule has 2 aromatic rings. The molecule has 2 aromatic carbocycles. The molecule has 0 aromatic heterocycles. The van der Waals surface area contributed by atoms with Gasteiger partial charge in [0.15, 0.2) is 10.3 Å². The van der Waals surface area contributed by atoms with Gasteiger partial charge in [0.05, 0.1) is 15.6 Å². The molecule has 1 fully saturated rings. The van der Waals surface area contributed by atoms with Crippen LogP contribution in [0.15, 0.2) is 58.4 Å². The van der Waals surface area contributed by atoms with E-state index in [1.807, 2.05) is 30.3 Å². The van der Waals surface area contributed by atoms with E-state index in [4.69, 9.17) is 35.4 Å². The number of anilines is 1. The van der Waals surface area contributed by atoms with Crippen LogP contribution >= 0.6 is 47.2 Å². The second kappa shape index (κ2) is 8.01. The predicted octanol–water partition coefficient (Wildman–Crippen LogP) is 4.95. The standard InChI is InChI=1S/C17H11Cl2N3OS2/c18-11-6-7-13(12(19)9-11)20-16(24)22-17-21-15(23)14(25-17)8-10-4-2-1-3-5-10/h1-9H,(H2,20,21,22,23,24)/b14-8+. The van der Waals surface area contributed by atoms with Crippen LogP contribution in [0, 0.1) is 0 Å². The van der Waals surface area contributed by atoms with E-state index in [1.54, 1.807) is 24.3 Å². The Morgan fingerprint density at radius 1 is 1.20 bits per heavy atom. The van der Waals surface area contributed by atoms with Gasteiger partial charge in [-0.3, -0.25) is 4.79 Å². The molecule has 25 heavy (non-hydrogen) atoms. The van der Waals surface area contributed by atoms with E-state index in [1.165, 1.54) is 11.8 Å². The molecule has 8 heteroatoms. The minimum Gasteiger partial charge on any atom is -0.330 e. The van der Waals surface area contributed by atoms with E-state index >= 15 is 0 Å². The van der Waals surface area contributed by atoms with E-state index in [0.29, 0.717) is 25.8 Å². The Kier molecular flexibility index (Phi) is 5.75. The highest BCUT2D eigenvalue weighted by Gasteiger charge is 2.24. The number of aliphatic imine (C=N–C) groups is 1. The highest BCUT2D eigenvalue weighted by atomic mass is 35.5. The molecule has 0 atom stereocenters. The molecule has 126 valence electrons. The fourth-order valence-corrected chi connectivity index (χ4v) is 3.55. The van der Waals surface area contributed by atoms with Crippen LogP contribution in [0.1, 0.15) is 5.56 Å². The Morgan fingerprint density at radius 2 is 1.96 bits per heavy atom. The summed E-state index contributed by atoms with van der Waals surface area (Å²) in [6.45, 7) is 0. The Bertz CT molecular complexity index is 898. The Balaban J connectivity index is 1.71. The molecular weight excluding hydrogens is 397 g/mol. The number of thioether (sulfide) groups is 1. The first-order valence-electron chi connectivity index (χ1n) is 7.12. The fourth-order valence-electron chi connectivity index (χ4n) is 2.01. The Morgan fingerprint density at radius 3 is 2.68 bits per heavy atom. The van der Waals surface area contributed by atoms with Gasteiger partial charge in [-0.2, -0.15) is 4.99 Å². The first-order valence-corrected chi connectivity index (χ1v) is 9.10. The highest BCUT2D eigenvalue weighted by molar-refractivity contribution is 8.18. The molecule has 1 heterocycles. The third-order valence-corrected chi connectivity index (χ3v) is 4.78. The number of nitrogens with one attached hydrogen (secondary N) is 2. The van der Waals surface area contributed by atoms with Gasteiger partial charge >= 0.3 is 0 Å². The molecule has 1 saturated heterocycles. The van der Waals surface area contributed by atoms with Crippen molar-refractivity contribution >= 4 is 75.1 Å². The number of amides is 1. The van der Waals surface area contributed by atoms with Crippen LogP contribution in [0.25, 0.3) is 6.08 Å². The van der Waals surface area contributed by atoms with Gasteiger partial charge in [0, 0.05) is 5.02 Å². The summed E-state index contributed by atoms with van der Waals surface area (Å²) in [5.74, 6) is -0.208. The normalized spacial score (nSPS) is 17.0. The average molecular weight is 408 g/mol. The second-order valence-corrected chi connectivity index (χ2v) is 7.21. The van der Waals surface area contributed by atoms with E-state index in [9.17, 15) is 4.79 Å². The van der Waals surface area contributed by atoms with Gasteiger partial charge in [-0.05, 0) is 53.8 Å². The van der Waals surface area contributed by atoms with Crippen LogP contribution in [0.2, 0.25) is 10.0 Å². The number of nitrogens with zero attached hydrogens (tertiary/aromatic N) is 1. The van der Waals surface area contributed by atoms with E-state index in [2.05, 4.69) is 15.6 Å². The van der Waals surface area contributed by atoms with Crippen molar-refractivity contribution in [1.82, 2.24) is 5.32 Å². The lowest BCUT2D eigenvalue weighted by molar-refractivity contribution is -0.115. The van der Waals surface area contributed by atoms with Crippen LogP contribution in [0.3, 0.4) is 0 Å². The summed E-state index contributed by atoms with van der Waals surface area (Å²) in [4.78, 5) is 16.8. The number of hydrogen-bond donors (Lipinski definition) is 2. The number of carbonyl (C=O) groups excluding carboxylic acids is 1. The zero-order chi connectivity index (χ0) is 17.8. The molecular formula is C17H11Cl2N3OS2. The number of halogens is 2. The minimum atomic E-state index is -0.208. The van der Waals surface area contributed by atoms with Crippen molar-refractivity contribution in [2.24, 2.45) is 4.99 Å². The molecule has 0 bridgehead atoms. The predicted molar refractivity (Wildman–Crippen MR) is 110 cm³/mol. The van der Waals surface area contributed by atoms with Crippen molar-refractivity contribution in [3.05, 3.63) is 69.0 Å². The highest BCUT2D eigenvalue weighted by Crippen LogP contribution is 2.27. The van der Waals surface area contributed by atoms with Crippen molar-refractivity contribution in [1.29, 1.82) is 0 Å².